The topological polar surface area (TPSA) is 155 Å². The van der Waals surface area contributed by atoms with Crippen molar-refractivity contribution in [2.45, 2.75) is 91.1 Å². The molecule has 8 rings (SSSR count). The molecular weight excluding hydrogens is 723 g/mol. The molecule has 5 heterocycles. The summed E-state index contributed by atoms with van der Waals surface area (Å²) in [6.45, 7) is 11.5. The van der Waals surface area contributed by atoms with Gasteiger partial charge in [0.2, 0.25) is 11.8 Å². The van der Waals surface area contributed by atoms with E-state index in [-0.39, 0.29) is 41.8 Å². The number of nitrogens with zero attached hydrogens (tertiary/aromatic N) is 4. The van der Waals surface area contributed by atoms with Crippen LogP contribution in [0.5, 0.6) is 5.75 Å². The van der Waals surface area contributed by atoms with E-state index in [4.69, 9.17) is 24.2 Å². The molecule has 3 aliphatic rings. The number of amides is 3. The zero-order valence-corrected chi connectivity index (χ0v) is 33.8. The van der Waals surface area contributed by atoms with E-state index in [2.05, 4.69) is 72.5 Å². The number of aromatic nitrogens is 4. The summed E-state index contributed by atoms with van der Waals surface area (Å²) in [5, 5.41) is 4.72. The zero-order valence-electron chi connectivity index (χ0n) is 33.8. The molecule has 2 fully saturated rings. The number of likely N-dealkylation sites (tertiary alicyclic amines) is 2. The van der Waals surface area contributed by atoms with E-state index in [0.717, 1.165) is 74.2 Å². The van der Waals surface area contributed by atoms with Gasteiger partial charge in [0.1, 0.15) is 30.0 Å². The third-order valence-corrected chi connectivity index (χ3v) is 11.9. The Hall–Kier alpha value is -5.43. The molecule has 5 atom stereocenters. The number of aromatic amines is 2. The van der Waals surface area contributed by atoms with Gasteiger partial charge in [0, 0.05) is 43.0 Å². The Balaban J connectivity index is 1.07. The average Bonchev–Trinajstić information content (AvgIpc) is 4.01. The Kier molecular flexibility index (Phi) is 10.4. The molecule has 2 aromatic heterocycles. The van der Waals surface area contributed by atoms with E-state index in [1.807, 2.05) is 35.9 Å². The zero-order chi connectivity index (χ0) is 40.1. The first-order chi connectivity index (χ1) is 27.4. The van der Waals surface area contributed by atoms with Gasteiger partial charge in [-0.25, -0.2) is 14.8 Å². The van der Waals surface area contributed by atoms with Gasteiger partial charge >= 0.3 is 6.09 Å². The second kappa shape index (κ2) is 15.5. The summed E-state index contributed by atoms with van der Waals surface area (Å²) in [5.41, 5.74) is 6.83. The summed E-state index contributed by atoms with van der Waals surface area (Å²) in [6.07, 6.45) is 4.31. The molecule has 13 nitrogen and oxygen atoms in total. The van der Waals surface area contributed by atoms with Gasteiger partial charge in [-0.1, -0.05) is 45.9 Å². The van der Waals surface area contributed by atoms with Gasteiger partial charge < -0.3 is 39.3 Å². The number of rotatable bonds is 10. The Morgan fingerprint density at radius 3 is 2.56 bits per heavy atom. The second-order valence-electron chi connectivity index (χ2n) is 16.8. The van der Waals surface area contributed by atoms with Crippen molar-refractivity contribution in [3.05, 3.63) is 65.9 Å². The SMILES string of the molecule is COC[C@H]1C[C@@H](c2nc3c(ccc4cc5c(cc43)OCc3cc(-c4cnc([C@@H]6CC[C@H](C)N6C(=O)CC(C)C)[nH]4)ccc3-5)[nH]2)N(C(=O)[C@@H](NC(=O)OC)C(C)C)C1. The highest BCUT2D eigenvalue weighted by atomic mass is 16.5. The molecule has 3 N–H and O–H groups in total. The van der Waals surface area contributed by atoms with E-state index in [1.54, 1.807) is 7.11 Å². The first-order valence-electron chi connectivity index (χ1n) is 20.2. The van der Waals surface area contributed by atoms with E-state index in [0.29, 0.717) is 44.3 Å². The van der Waals surface area contributed by atoms with Crippen LogP contribution in [0.15, 0.2) is 48.7 Å². The lowest BCUT2D eigenvalue weighted by Crippen LogP contribution is -2.51. The van der Waals surface area contributed by atoms with E-state index >= 15 is 0 Å². The van der Waals surface area contributed by atoms with Crippen molar-refractivity contribution in [2.75, 3.05) is 27.4 Å². The number of carbonyl (C=O) groups is 3. The van der Waals surface area contributed by atoms with Crippen LogP contribution in [0.2, 0.25) is 0 Å². The van der Waals surface area contributed by atoms with Crippen LogP contribution in [0.3, 0.4) is 0 Å². The van der Waals surface area contributed by atoms with Crippen LogP contribution >= 0.6 is 0 Å². The third-order valence-electron chi connectivity index (χ3n) is 11.9. The summed E-state index contributed by atoms with van der Waals surface area (Å²) >= 11 is 0. The molecule has 3 aliphatic heterocycles. The Labute approximate surface area is 332 Å². The van der Waals surface area contributed by atoms with E-state index in [1.165, 1.54) is 7.11 Å². The number of fused-ring (bicyclic) bond motifs is 6. The normalized spacial score (nSPS) is 20.9. The molecule has 0 bridgehead atoms. The van der Waals surface area contributed by atoms with Gasteiger partial charge in [-0.3, -0.25) is 9.59 Å². The van der Waals surface area contributed by atoms with Crippen LogP contribution in [-0.2, 0) is 25.7 Å². The van der Waals surface area contributed by atoms with Gasteiger partial charge in [-0.15, -0.1) is 0 Å². The van der Waals surface area contributed by atoms with Crippen LogP contribution in [0.1, 0.15) is 89.6 Å². The van der Waals surface area contributed by atoms with Gasteiger partial charge in [0.15, 0.2) is 0 Å². The van der Waals surface area contributed by atoms with Gasteiger partial charge in [0.25, 0.3) is 0 Å². The summed E-state index contributed by atoms with van der Waals surface area (Å²) in [6, 6.07) is 13.9. The number of ether oxygens (including phenoxy) is 3. The van der Waals surface area contributed by atoms with Crippen LogP contribution in [0, 0.1) is 17.8 Å². The molecule has 0 saturated carbocycles. The Bertz CT molecular complexity index is 2330. The van der Waals surface area contributed by atoms with Crippen LogP contribution < -0.4 is 10.1 Å². The molecule has 0 radical (unpaired) electrons. The minimum absolute atomic E-state index is 0.0436. The van der Waals surface area contributed by atoms with Gasteiger partial charge in [0.05, 0.1) is 48.7 Å². The highest BCUT2D eigenvalue weighted by Gasteiger charge is 2.42. The first-order valence-corrected chi connectivity index (χ1v) is 20.2. The quantitative estimate of drug-likeness (QED) is 0.131. The predicted octanol–water partition coefficient (Wildman–Crippen LogP) is 7.68. The van der Waals surface area contributed by atoms with Crippen LogP contribution in [0.4, 0.5) is 4.79 Å². The molecule has 13 heteroatoms. The maximum absolute atomic E-state index is 14.0. The van der Waals surface area contributed by atoms with E-state index in [9.17, 15) is 14.4 Å². The number of carbonyl (C=O) groups excluding carboxylic acids is 3. The molecule has 3 amide bonds. The number of H-pyrrole nitrogens is 2. The number of imidazole rings is 2. The van der Waals surface area contributed by atoms with Crippen LogP contribution in [-0.4, -0.2) is 87.1 Å². The number of hydrogen-bond donors (Lipinski definition) is 3. The largest absolute Gasteiger partial charge is 0.488 e. The number of nitrogens with one attached hydrogen (secondary N) is 3. The Morgan fingerprint density at radius 1 is 0.982 bits per heavy atom. The van der Waals surface area contributed by atoms with Gasteiger partial charge in [-0.05, 0) is 84.4 Å². The fourth-order valence-corrected chi connectivity index (χ4v) is 9.07. The molecule has 0 spiro atoms. The maximum Gasteiger partial charge on any atom is 0.407 e. The minimum atomic E-state index is -0.746. The first kappa shape index (κ1) is 38.4. The number of alkyl carbamates (subject to hydrolysis) is 1. The van der Waals surface area contributed by atoms with Crippen molar-refractivity contribution < 1.29 is 28.6 Å². The van der Waals surface area contributed by atoms with Crippen molar-refractivity contribution in [3.63, 3.8) is 0 Å². The molecule has 0 aliphatic carbocycles. The molecule has 2 saturated heterocycles. The molecule has 300 valence electrons. The lowest BCUT2D eigenvalue weighted by atomic mass is 9.92. The fourth-order valence-electron chi connectivity index (χ4n) is 9.07. The van der Waals surface area contributed by atoms with E-state index < -0.39 is 12.1 Å². The van der Waals surface area contributed by atoms with Gasteiger partial charge in [-0.2, -0.15) is 0 Å². The number of hydrogen-bond acceptors (Lipinski definition) is 8. The van der Waals surface area contributed by atoms with Crippen LogP contribution in [0.25, 0.3) is 44.2 Å². The Morgan fingerprint density at radius 2 is 1.81 bits per heavy atom. The second-order valence-corrected chi connectivity index (χ2v) is 16.8. The molecule has 0 unspecified atom stereocenters. The third kappa shape index (κ3) is 7.22. The lowest BCUT2D eigenvalue weighted by Gasteiger charge is -2.30. The van der Waals surface area contributed by atoms with Crippen molar-refractivity contribution >= 4 is 39.7 Å². The highest BCUT2D eigenvalue weighted by Crippen LogP contribution is 2.44. The highest BCUT2D eigenvalue weighted by molar-refractivity contribution is 6.07. The molecule has 5 aromatic rings. The smallest absolute Gasteiger partial charge is 0.407 e. The minimum Gasteiger partial charge on any atom is -0.488 e. The fraction of sp³-hybridized carbons (Fsp3) is 0.477. The monoisotopic (exact) mass is 775 g/mol. The summed E-state index contributed by atoms with van der Waals surface area (Å²) in [5.74, 6) is 2.61. The molecule has 3 aromatic carbocycles. The van der Waals surface area contributed by atoms with Crippen molar-refractivity contribution in [1.29, 1.82) is 0 Å². The predicted molar refractivity (Wildman–Crippen MR) is 217 cm³/mol. The molecular formula is C44H53N7O6. The maximum atomic E-state index is 14.0. The van der Waals surface area contributed by atoms with Crippen molar-refractivity contribution in [2.24, 2.45) is 17.8 Å². The number of methoxy groups -OCH3 is 2. The average molecular weight is 776 g/mol. The number of benzene rings is 3. The standard InChI is InChI=1S/C44H53N7O6/c1-23(2)14-38(52)51-25(5)8-13-35(51)41-45-19-34(47-41)28-9-11-30-29(16-28)22-57-37-18-31-27(17-32(30)37)10-12-33-40(31)48-42(46-33)36-15-26(21-55-6)20-50(36)43(53)39(24(3)4)49-44(54)56-7/h9-12,16-19,23-26,35-36,39H,8,13-15,20-22H2,1-7H3,(H,45,47)(H,46,48)(H,49,54)/t25-,26-,35-,36-,39-/m0/s1. The van der Waals surface area contributed by atoms with Crippen molar-refractivity contribution in [1.82, 2.24) is 35.1 Å². The lowest BCUT2D eigenvalue weighted by molar-refractivity contribution is -0.136. The molecule has 57 heavy (non-hydrogen) atoms. The summed E-state index contributed by atoms with van der Waals surface area (Å²) < 4.78 is 16.8. The van der Waals surface area contributed by atoms with Crippen molar-refractivity contribution in [3.8, 4) is 28.1 Å². The summed E-state index contributed by atoms with van der Waals surface area (Å²) in [4.78, 5) is 60.2. The summed E-state index contributed by atoms with van der Waals surface area (Å²) in [7, 11) is 2.96.